The van der Waals surface area contributed by atoms with Crippen molar-refractivity contribution in [2.24, 2.45) is 0 Å². The van der Waals surface area contributed by atoms with Crippen LogP contribution in [0.3, 0.4) is 0 Å². The molecule has 0 radical (unpaired) electrons. The molecule has 1 atom stereocenters. The molecule has 0 spiro atoms. The lowest BCUT2D eigenvalue weighted by molar-refractivity contribution is -0.135. The van der Waals surface area contributed by atoms with Crippen LogP contribution in [0.1, 0.15) is 43.7 Å². The number of hydrogen-bond acceptors (Lipinski definition) is 4. The second-order valence-corrected chi connectivity index (χ2v) is 6.41. The van der Waals surface area contributed by atoms with Crippen LogP contribution in [0.4, 0.5) is 0 Å². The molecule has 3 aromatic rings. The number of imidazole rings is 2. The van der Waals surface area contributed by atoms with Crippen molar-refractivity contribution < 1.29 is 4.79 Å². The summed E-state index contributed by atoms with van der Waals surface area (Å²) in [6.45, 7) is 3.17. The zero-order chi connectivity index (χ0) is 17.2. The molecular formula is C18H22N6O. The van der Waals surface area contributed by atoms with Gasteiger partial charge in [0.1, 0.15) is 12.4 Å². The zero-order valence-corrected chi connectivity index (χ0v) is 14.4. The van der Waals surface area contributed by atoms with Gasteiger partial charge in [-0.1, -0.05) is 6.92 Å². The molecule has 0 bridgehead atoms. The molecule has 0 saturated carbocycles. The highest BCUT2D eigenvalue weighted by molar-refractivity contribution is 5.76. The van der Waals surface area contributed by atoms with Crippen molar-refractivity contribution in [2.75, 3.05) is 6.54 Å². The van der Waals surface area contributed by atoms with Crippen molar-refractivity contribution in [1.82, 2.24) is 28.8 Å². The summed E-state index contributed by atoms with van der Waals surface area (Å²) in [6.07, 6.45) is 13.1. The Morgan fingerprint density at radius 1 is 1.20 bits per heavy atom. The lowest BCUT2D eigenvalue weighted by Crippen LogP contribution is -2.40. The van der Waals surface area contributed by atoms with Crippen LogP contribution in [0.15, 0.2) is 37.1 Å². The van der Waals surface area contributed by atoms with Crippen LogP contribution in [0.5, 0.6) is 0 Å². The number of fused-ring (bicyclic) bond motifs is 1. The summed E-state index contributed by atoms with van der Waals surface area (Å²) < 4.78 is 3.83. The van der Waals surface area contributed by atoms with E-state index < -0.39 is 0 Å². The maximum atomic E-state index is 13.0. The Kier molecular flexibility index (Phi) is 4.21. The smallest absolute Gasteiger partial charge is 0.243 e. The molecule has 1 amide bonds. The van der Waals surface area contributed by atoms with E-state index >= 15 is 0 Å². The third-order valence-corrected chi connectivity index (χ3v) is 4.87. The monoisotopic (exact) mass is 338 g/mol. The van der Waals surface area contributed by atoms with Gasteiger partial charge in [-0.05, 0) is 25.3 Å². The Labute approximate surface area is 146 Å². The normalized spacial score (nSPS) is 18.0. The quantitative estimate of drug-likeness (QED) is 0.732. The second-order valence-electron chi connectivity index (χ2n) is 6.41. The van der Waals surface area contributed by atoms with E-state index in [0.29, 0.717) is 12.3 Å². The molecule has 25 heavy (non-hydrogen) atoms. The molecule has 4 rings (SSSR count). The fraction of sp³-hybridized carbons (Fsp3) is 0.444. The van der Waals surface area contributed by atoms with E-state index in [9.17, 15) is 4.79 Å². The highest BCUT2D eigenvalue weighted by atomic mass is 16.2. The molecule has 0 unspecified atom stereocenters. The summed E-state index contributed by atoms with van der Waals surface area (Å²) in [7, 11) is 0. The molecule has 1 aliphatic heterocycles. The van der Waals surface area contributed by atoms with Gasteiger partial charge in [0.05, 0.1) is 11.7 Å². The van der Waals surface area contributed by atoms with Gasteiger partial charge in [-0.3, -0.25) is 9.20 Å². The van der Waals surface area contributed by atoms with Crippen molar-refractivity contribution in [3.63, 3.8) is 0 Å². The van der Waals surface area contributed by atoms with Gasteiger partial charge >= 0.3 is 0 Å². The van der Waals surface area contributed by atoms with E-state index in [-0.39, 0.29) is 11.9 Å². The Balaban J connectivity index is 1.58. The number of piperidine rings is 1. The fourth-order valence-corrected chi connectivity index (χ4v) is 3.58. The van der Waals surface area contributed by atoms with E-state index in [2.05, 4.69) is 21.9 Å². The van der Waals surface area contributed by atoms with Crippen molar-refractivity contribution in [3.05, 3.63) is 48.6 Å². The zero-order valence-electron chi connectivity index (χ0n) is 14.4. The van der Waals surface area contributed by atoms with Gasteiger partial charge in [-0.15, -0.1) is 0 Å². The molecule has 0 aromatic carbocycles. The van der Waals surface area contributed by atoms with Gasteiger partial charge in [-0.25, -0.2) is 15.0 Å². The van der Waals surface area contributed by atoms with Gasteiger partial charge in [0.25, 0.3) is 0 Å². The van der Waals surface area contributed by atoms with Crippen LogP contribution in [-0.2, 0) is 17.8 Å². The van der Waals surface area contributed by atoms with Crippen molar-refractivity contribution >= 4 is 11.7 Å². The van der Waals surface area contributed by atoms with Crippen molar-refractivity contribution in [1.29, 1.82) is 0 Å². The first-order valence-corrected chi connectivity index (χ1v) is 8.85. The van der Waals surface area contributed by atoms with Crippen LogP contribution in [0.2, 0.25) is 0 Å². The number of carbonyl (C=O) groups excluding carboxylic acids is 1. The average molecular weight is 338 g/mol. The first-order valence-electron chi connectivity index (χ1n) is 8.85. The van der Waals surface area contributed by atoms with Crippen LogP contribution < -0.4 is 0 Å². The maximum Gasteiger partial charge on any atom is 0.243 e. The number of aromatic nitrogens is 5. The number of nitrogens with zero attached hydrogens (tertiary/aromatic N) is 6. The molecule has 7 nitrogen and oxygen atoms in total. The molecule has 3 aromatic heterocycles. The van der Waals surface area contributed by atoms with Gasteiger partial charge in [0, 0.05) is 43.9 Å². The first kappa shape index (κ1) is 15.8. The predicted molar refractivity (Wildman–Crippen MR) is 92.9 cm³/mol. The van der Waals surface area contributed by atoms with Crippen molar-refractivity contribution in [2.45, 2.75) is 45.2 Å². The molecule has 0 N–H and O–H groups in total. The third kappa shape index (κ3) is 3.01. The standard InChI is InChI=1S/C18H22N6O/c1-2-16-19-7-12-23(16)13-17(25)24-9-4-3-5-15(24)14-6-10-22-11-8-20-18(22)21-14/h6-8,10-12,15H,2-5,9,13H2,1H3/t15-/m1/s1. The van der Waals surface area contributed by atoms with Gasteiger partial charge in [0.15, 0.2) is 0 Å². The number of aryl methyl sites for hydroxylation is 1. The van der Waals surface area contributed by atoms with E-state index in [1.54, 1.807) is 12.4 Å². The summed E-state index contributed by atoms with van der Waals surface area (Å²) in [5.41, 5.74) is 0.924. The topological polar surface area (TPSA) is 68.3 Å². The molecule has 1 fully saturated rings. The Morgan fingerprint density at radius 3 is 2.96 bits per heavy atom. The number of hydrogen-bond donors (Lipinski definition) is 0. The van der Waals surface area contributed by atoms with E-state index in [1.165, 1.54) is 0 Å². The summed E-state index contributed by atoms with van der Waals surface area (Å²) >= 11 is 0. The molecule has 4 heterocycles. The minimum atomic E-state index is 0.0246. The number of amides is 1. The van der Waals surface area contributed by atoms with Gasteiger partial charge < -0.3 is 9.47 Å². The highest BCUT2D eigenvalue weighted by Crippen LogP contribution is 2.30. The maximum absolute atomic E-state index is 13.0. The van der Waals surface area contributed by atoms with Crippen LogP contribution in [0, 0.1) is 0 Å². The molecule has 7 heteroatoms. The number of carbonyl (C=O) groups is 1. The summed E-state index contributed by atoms with van der Waals surface area (Å²) in [5, 5.41) is 0. The third-order valence-electron chi connectivity index (χ3n) is 4.87. The van der Waals surface area contributed by atoms with Crippen LogP contribution >= 0.6 is 0 Å². The Bertz CT molecular complexity index is 882. The largest absolute Gasteiger partial charge is 0.333 e. The second kappa shape index (κ2) is 6.66. The van der Waals surface area contributed by atoms with Crippen LogP contribution in [-0.4, -0.2) is 41.3 Å². The number of rotatable bonds is 4. The van der Waals surface area contributed by atoms with E-state index in [0.717, 1.165) is 43.7 Å². The molecule has 1 saturated heterocycles. The summed E-state index contributed by atoms with van der Waals surface area (Å²) in [6, 6.07) is 2.02. The summed E-state index contributed by atoms with van der Waals surface area (Å²) in [5.74, 6) is 1.75. The van der Waals surface area contributed by atoms with Crippen LogP contribution in [0.25, 0.3) is 5.78 Å². The predicted octanol–water partition coefficient (Wildman–Crippen LogP) is 2.24. The summed E-state index contributed by atoms with van der Waals surface area (Å²) in [4.78, 5) is 28.2. The SMILES string of the molecule is CCc1nccn1CC(=O)N1CCCC[C@@H]1c1ccn2ccnc2n1. The van der Waals surface area contributed by atoms with E-state index in [4.69, 9.17) is 0 Å². The Hall–Kier alpha value is -2.70. The molecule has 1 aliphatic rings. The number of likely N-dealkylation sites (tertiary alicyclic amines) is 1. The molecular weight excluding hydrogens is 316 g/mol. The van der Waals surface area contributed by atoms with Gasteiger partial charge in [-0.2, -0.15) is 0 Å². The fourth-order valence-electron chi connectivity index (χ4n) is 3.58. The lowest BCUT2D eigenvalue weighted by Gasteiger charge is -2.35. The van der Waals surface area contributed by atoms with E-state index in [1.807, 2.05) is 38.5 Å². The minimum absolute atomic E-state index is 0.0246. The highest BCUT2D eigenvalue weighted by Gasteiger charge is 2.29. The van der Waals surface area contributed by atoms with Gasteiger partial charge in [0.2, 0.25) is 11.7 Å². The minimum Gasteiger partial charge on any atom is -0.333 e. The molecule has 0 aliphatic carbocycles. The Morgan fingerprint density at radius 2 is 2.08 bits per heavy atom. The average Bonchev–Trinajstić information content (AvgIpc) is 3.29. The first-order chi connectivity index (χ1) is 12.3. The lowest BCUT2D eigenvalue weighted by atomic mass is 9.99. The van der Waals surface area contributed by atoms with Crippen molar-refractivity contribution in [3.8, 4) is 0 Å². The molecule has 130 valence electrons.